The summed E-state index contributed by atoms with van der Waals surface area (Å²) in [6.07, 6.45) is 3.10. The van der Waals surface area contributed by atoms with Crippen LogP contribution < -0.4 is 4.74 Å². The topological polar surface area (TPSA) is 27.1 Å². The molecule has 2 aromatic rings. The van der Waals surface area contributed by atoms with Gasteiger partial charge in [-0.3, -0.25) is 4.68 Å². The molecular formula is C15H20N2O. The van der Waals surface area contributed by atoms with Crippen LogP contribution >= 0.6 is 0 Å². The van der Waals surface area contributed by atoms with Crippen LogP contribution in [0.1, 0.15) is 37.6 Å². The first kappa shape index (κ1) is 12.7. The van der Waals surface area contributed by atoms with Gasteiger partial charge in [-0.15, -0.1) is 0 Å². The van der Waals surface area contributed by atoms with Crippen LogP contribution in [0.5, 0.6) is 5.75 Å². The number of aryl methyl sites for hydroxylation is 1. The molecule has 0 aliphatic rings. The predicted molar refractivity (Wildman–Crippen MR) is 72.7 cm³/mol. The monoisotopic (exact) mass is 244 g/mol. The molecule has 18 heavy (non-hydrogen) atoms. The third kappa shape index (κ3) is 3.13. The lowest BCUT2D eigenvalue weighted by atomic mass is 10.2. The summed E-state index contributed by atoms with van der Waals surface area (Å²) in [6, 6.07) is 10.5. The van der Waals surface area contributed by atoms with Gasteiger partial charge in [0.15, 0.2) is 0 Å². The Labute approximate surface area is 108 Å². The van der Waals surface area contributed by atoms with Gasteiger partial charge in [0.1, 0.15) is 12.4 Å². The summed E-state index contributed by atoms with van der Waals surface area (Å²) in [6.45, 7) is 6.91. The van der Waals surface area contributed by atoms with Crippen LogP contribution in [0, 0.1) is 6.92 Å². The minimum Gasteiger partial charge on any atom is -0.487 e. The van der Waals surface area contributed by atoms with Gasteiger partial charge in [-0.2, -0.15) is 5.10 Å². The first-order valence-corrected chi connectivity index (χ1v) is 6.42. The average molecular weight is 244 g/mol. The van der Waals surface area contributed by atoms with E-state index in [4.69, 9.17) is 4.74 Å². The van der Waals surface area contributed by atoms with Gasteiger partial charge in [0.05, 0.1) is 5.69 Å². The molecule has 0 amide bonds. The predicted octanol–water partition coefficient (Wildman–Crippen LogP) is 3.74. The number of ether oxygens (including phenoxy) is 1. The molecule has 0 bridgehead atoms. The lowest BCUT2D eigenvalue weighted by Gasteiger charge is -2.08. The van der Waals surface area contributed by atoms with Crippen molar-refractivity contribution in [3.05, 3.63) is 47.8 Å². The second-order valence-electron chi connectivity index (χ2n) is 4.65. The maximum absolute atomic E-state index is 5.72. The van der Waals surface area contributed by atoms with Crippen LogP contribution in [0.15, 0.2) is 36.5 Å². The molecule has 0 N–H and O–H groups in total. The highest BCUT2D eigenvalue weighted by molar-refractivity contribution is 5.27. The smallest absolute Gasteiger partial charge is 0.132 e. The van der Waals surface area contributed by atoms with E-state index < -0.39 is 0 Å². The molecular weight excluding hydrogens is 224 g/mol. The maximum atomic E-state index is 5.72. The van der Waals surface area contributed by atoms with E-state index in [1.165, 1.54) is 5.56 Å². The fourth-order valence-corrected chi connectivity index (χ4v) is 1.75. The summed E-state index contributed by atoms with van der Waals surface area (Å²) in [5, 5.41) is 4.51. The highest BCUT2D eigenvalue weighted by Gasteiger charge is 2.05. The van der Waals surface area contributed by atoms with Crippen LogP contribution in [0.4, 0.5) is 0 Å². The van der Waals surface area contributed by atoms with Crippen molar-refractivity contribution in [2.75, 3.05) is 0 Å². The first-order chi connectivity index (χ1) is 8.69. The van der Waals surface area contributed by atoms with Crippen LogP contribution in [0.2, 0.25) is 0 Å². The lowest BCUT2D eigenvalue weighted by molar-refractivity contribution is 0.298. The van der Waals surface area contributed by atoms with Gasteiger partial charge in [0.25, 0.3) is 0 Å². The Morgan fingerprint density at radius 2 is 2.17 bits per heavy atom. The normalized spacial score (nSPS) is 12.4. The first-order valence-electron chi connectivity index (χ1n) is 6.42. The standard InChI is InChI=1S/C15H20N2O/c1-4-13(3)17-9-8-14(16-17)11-18-15-7-5-6-12(2)10-15/h5-10,13H,4,11H2,1-3H3. The summed E-state index contributed by atoms with van der Waals surface area (Å²) in [7, 11) is 0. The quantitative estimate of drug-likeness (QED) is 0.801. The Bertz CT molecular complexity index is 505. The van der Waals surface area contributed by atoms with Crippen molar-refractivity contribution in [2.45, 2.75) is 39.8 Å². The highest BCUT2D eigenvalue weighted by Crippen LogP contribution is 2.15. The zero-order chi connectivity index (χ0) is 13.0. The van der Waals surface area contributed by atoms with E-state index in [1.807, 2.05) is 35.1 Å². The molecule has 0 aliphatic carbocycles. The number of rotatable bonds is 5. The number of aromatic nitrogens is 2. The van der Waals surface area contributed by atoms with Crippen molar-refractivity contribution in [1.82, 2.24) is 9.78 Å². The zero-order valence-electron chi connectivity index (χ0n) is 11.3. The largest absolute Gasteiger partial charge is 0.487 e. The molecule has 96 valence electrons. The van der Waals surface area contributed by atoms with Crippen LogP contribution in [0.25, 0.3) is 0 Å². The maximum Gasteiger partial charge on any atom is 0.132 e. The fraction of sp³-hybridized carbons (Fsp3) is 0.400. The van der Waals surface area contributed by atoms with Gasteiger partial charge < -0.3 is 4.74 Å². The minimum absolute atomic E-state index is 0.442. The third-order valence-electron chi connectivity index (χ3n) is 3.08. The van der Waals surface area contributed by atoms with E-state index in [-0.39, 0.29) is 0 Å². The van der Waals surface area contributed by atoms with E-state index in [0.29, 0.717) is 12.6 Å². The van der Waals surface area contributed by atoms with Crippen LogP contribution in [0.3, 0.4) is 0 Å². The third-order valence-corrected chi connectivity index (χ3v) is 3.08. The fourth-order valence-electron chi connectivity index (χ4n) is 1.75. The second kappa shape index (κ2) is 5.71. The minimum atomic E-state index is 0.442. The molecule has 0 spiro atoms. The molecule has 1 heterocycles. The van der Waals surface area contributed by atoms with E-state index in [1.54, 1.807) is 0 Å². The molecule has 1 aromatic carbocycles. The summed E-state index contributed by atoms with van der Waals surface area (Å²) < 4.78 is 7.72. The molecule has 0 fully saturated rings. The van der Waals surface area contributed by atoms with E-state index in [0.717, 1.165) is 17.9 Å². The number of nitrogens with zero attached hydrogens (tertiary/aromatic N) is 2. The van der Waals surface area contributed by atoms with Gasteiger partial charge in [0.2, 0.25) is 0 Å². The van der Waals surface area contributed by atoms with E-state index >= 15 is 0 Å². The molecule has 1 atom stereocenters. The van der Waals surface area contributed by atoms with E-state index in [9.17, 15) is 0 Å². The van der Waals surface area contributed by atoms with Crippen molar-refractivity contribution >= 4 is 0 Å². The summed E-state index contributed by atoms with van der Waals surface area (Å²) in [4.78, 5) is 0. The molecule has 3 heteroatoms. The van der Waals surface area contributed by atoms with Gasteiger partial charge in [-0.05, 0) is 44.0 Å². The van der Waals surface area contributed by atoms with Gasteiger partial charge >= 0.3 is 0 Å². The SMILES string of the molecule is CCC(C)n1ccc(COc2cccc(C)c2)n1. The highest BCUT2D eigenvalue weighted by atomic mass is 16.5. The molecule has 1 unspecified atom stereocenters. The van der Waals surface area contributed by atoms with Crippen molar-refractivity contribution in [3.8, 4) is 5.75 Å². The Morgan fingerprint density at radius 3 is 2.89 bits per heavy atom. The zero-order valence-corrected chi connectivity index (χ0v) is 11.3. The number of benzene rings is 1. The lowest BCUT2D eigenvalue weighted by Crippen LogP contribution is -2.05. The Morgan fingerprint density at radius 1 is 1.33 bits per heavy atom. The van der Waals surface area contributed by atoms with Crippen molar-refractivity contribution in [1.29, 1.82) is 0 Å². The molecule has 3 nitrogen and oxygen atoms in total. The second-order valence-corrected chi connectivity index (χ2v) is 4.65. The van der Waals surface area contributed by atoms with Gasteiger partial charge in [-0.25, -0.2) is 0 Å². The molecule has 0 saturated heterocycles. The molecule has 2 rings (SSSR count). The summed E-state index contributed by atoms with van der Waals surface area (Å²) in [5.41, 5.74) is 2.18. The summed E-state index contributed by atoms with van der Waals surface area (Å²) >= 11 is 0. The van der Waals surface area contributed by atoms with Crippen molar-refractivity contribution in [2.24, 2.45) is 0 Å². The molecule has 1 aromatic heterocycles. The van der Waals surface area contributed by atoms with Gasteiger partial charge in [0, 0.05) is 12.2 Å². The Balaban J connectivity index is 1.96. The van der Waals surface area contributed by atoms with Crippen LogP contribution in [-0.2, 0) is 6.61 Å². The molecule has 0 aliphatic heterocycles. The average Bonchev–Trinajstić information content (AvgIpc) is 2.84. The Hall–Kier alpha value is -1.77. The van der Waals surface area contributed by atoms with E-state index in [2.05, 4.69) is 31.9 Å². The van der Waals surface area contributed by atoms with Crippen molar-refractivity contribution in [3.63, 3.8) is 0 Å². The Kier molecular flexibility index (Phi) is 4.03. The summed E-state index contributed by atoms with van der Waals surface area (Å²) in [5.74, 6) is 0.896. The number of hydrogen-bond donors (Lipinski definition) is 0. The van der Waals surface area contributed by atoms with Gasteiger partial charge in [-0.1, -0.05) is 19.1 Å². The van der Waals surface area contributed by atoms with Crippen molar-refractivity contribution < 1.29 is 4.74 Å². The molecule has 0 radical (unpaired) electrons. The number of hydrogen-bond acceptors (Lipinski definition) is 2. The molecule has 0 saturated carbocycles. The van der Waals surface area contributed by atoms with Crippen LogP contribution in [-0.4, -0.2) is 9.78 Å².